The molecule has 4 nitrogen and oxygen atoms in total. The smallest absolute Gasteiger partial charge is 0.325 e. The molecule has 0 amide bonds. The molecule has 0 spiro atoms. The molecule has 5 heteroatoms. The van der Waals surface area contributed by atoms with Gasteiger partial charge in [0.1, 0.15) is 0 Å². The van der Waals surface area contributed by atoms with Crippen LogP contribution in [0.25, 0.3) is 0 Å². The van der Waals surface area contributed by atoms with Gasteiger partial charge in [0.25, 0.3) is 0 Å². The average Bonchev–Trinajstić information content (AvgIpc) is 2.48. The van der Waals surface area contributed by atoms with Crippen molar-refractivity contribution in [3.63, 3.8) is 0 Å². The Hall–Kier alpha value is -1.61. The lowest BCUT2D eigenvalue weighted by atomic mass is 10.2. The number of hydrogen-bond donors (Lipinski definition) is 2. The van der Waals surface area contributed by atoms with E-state index in [0.717, 1.165) is 24.3 Å². The Kier molecular flexibility index (Phi) is 5.57. The van der Waals surface area contributed by atoms with Crippen LogP contribution in [0.5, 0.6) is 0 Å². The van der Waals surface area contributed by atoms with E-state index in [4.69, 9.17) is 9.79 Å². The average molecular weight is 305 g/mol. The topological polar surface area (TPSA) is 60.8 Å². The summed E-state index contributed by atoms with van der Waals surface area (Å²) in [5.74, 6) is 0. The van der Waals surface area contributed by atoms with Crippen molar-refractivity contribution in [3.05, 3.63) is 60.7 Å². The molecule has 2 rings (SSSR count). The molecular formula is C16H20NO3P. The minimum atomic E-state index is -3.89. The quantitative estimate of drug-likeness (QED) is 0.603. The number of nitrogens with zero attached hydrogens (tertiary/aromatic N) is 1. The van der Waals surface area contributed by atoms with Gasteiger partial charge in [-0.1, -0.05) is 36.4 Å². The van der Waals surface area contributed by atoms with Crippen LogP contribution in [0.15, 0.2) is 60.7 Å². The molecule has 0 aromatic heterocycles. The van der Waals surface area contributed by atoms with Crippen LogP contribution < -0.4 is 4.90 Å². The van der Waals surface area contributed by atoms with Crippen LogP contribution in [-0.4, -0.2) is 22.5 Å². The third kappa shape index (κ3) is 5.35. The van der Waals surface area contributed by atoms with E-state index in [1.54, 1.807) is 0 Å². The minimum absolute atomic E-state index is 0.0512. The maximum absolute atomic E-state index is 10.9. The highest BCUT2D eigenvalue weighted by Crippen LogP contribution is 2.35. The Morgan fingerprint density at radius 3 is 1.71 bits per heavy atom. The lowest BCUT2D eigenvalue weighted by Crippen LogP contribution is -2.18. The van der Waals surface area contributed by atoms with E-state index in [0.29, 0.717) is 6.42 Å². The molecule has 0 heterocycles. The molecule has 112 valence electrons. The molecule has 2 aromatic rings. The SMILES string of the molecule is O=P(O)(O)CCCCN(c1ccccc1)c1ccccc1. The lowest BCUT2D eigenvalue weighted by Gasteiger charge is -2.25. The Balaban J connectivity index is 2.05. The van der Waals surface area contributed by atoms with Crippen molar-refractivity contribution in [1.29, 1.82) is 0 Å². The molecule has 0 aliphatic rings. The summed E-state index contributed by atoms with van der Waals surface area (Å²) in [6.07, 6.45) is 1.19. The molecule has 0 saturated heterocycles. The first-order valence-corrected chi connectivity index (χ1v) is 8.78. The number of para-hydroxylation sites is 2. The summed E-state index contributed by atoms with van der Waals surface area (Å²) >= 11 is 0. The fraction of sp³-hybridized carbons (Fsp3) is 0.250. The fourth-order valence-corrected chi connectivity index (χ4v) is 2.85. The van der Waals surface area contributed by atoms with Crippen LogP contribution in [-0.2, 0) is 4.57 Å². The van der Waals surface area contributed by atoms with E-state index >= 15 is 0 Å². The van der Waals surface area contributed by atoms with Crippen molar-refractivity contribution in [3.8, 4) is 0 Å². The van der Waals surface area contributed by atoms with Crippen LogP contribution in [0.1, 0.15) is 12.8 Å². The molecule has 21 heavy (non-hydrogen) atoms. The van der Waals surface area contributed by atoms with Crippen LogP contribution in [0, 0.1) is 0 Å². The van der Waals surface area contributed by atoms with Crippen LogP contribution in [0.2, 0.25) is 0 Å². The molecule has 0 bridgehead atoms. The van der Waals surface area contributed by atoms with E-state index in [1.165, 1.54) is 0 Å². The maximum atomic E-state index is 10.9. The predicted octanol–water partition coefficient (Wildman–Crippen LogP) is 3.78. The Bertz CT molecular complexity index is 543. The molecule has 2 aromatic carbocycles. The highest BCUT2D eigenvalue weighted by Gasteiger charge is 2.13. The van der Waals surface area contributed by atoms with E-state index < -0.39 is 7.60 Å². The van der Waals surface area contributed by atoms with Gasteiger partial charge in [0.05, 0.1) is 0 Å². The third-order valence-corrected chi connectivity index (χ3v) is 4.12. The van der Waals surface area contributed by atoms with Gasteiger partial charge in [0, 0.05) is 24.1 Å². The Morgan fingerprint density at radius 1 is 0.810 bits per heavy atom. The maximum Gasteiger partial charge on any atom is 0.325 e. The molecule has 2 N–H and O–H groups in total. The van der Waals surface area contributed by atoms with Crippen LogP contribution in [0.4, 0.5) is 11.4 Å². The van der Waals surface area contributed by atoms with E-state index in [-0.39, 0.29) is 6.16 Å². The van der Waals surface area contributed by atoms with Gasteiger partial charge in [-0.2, -0.15) is 0 Å². The minimum Gasteiger partial charge on any atom is -0.341 e. The first kappa shape index (κ1) is 15.8. The van der Waals surface area contributed by atoms with E-state index in [2.05, 4.69) is 4.90 Å². The molecule has 0 saturated carbocycles. The van der Waals surface area contributed by atoms with Crippen molar-refractivity contribution < 1.29 is 14.4 Å². The zero-order valence-electron chi connectivity index (χ0n) is 11.8. The summed E-state index contributed by atoms with van der Waals surface area (Å²) in [6.45, 7) is 0.730. The number of hydrogen-bond acceptors (Lipinski definition) is 2. The molecular weight excluding hydrogens is 285 g/mol. The number of rotatable bonds is 7. The monoisotopic (exact) mass is 305 g/mol. The van der Waals surface area contributed by atoms with Crippen molar-refractivity contribution in [2.75, 3.05) is 17.6 Å². The second kappa shape index (κ2) is 7.41. The first-order valence-electron chi connectivity index (χ1n) is 6.98. The fourth-order valence-electron chi connectivity index (χ4n) is 2.21. The summed E-state index contributed by atoms with van der Waals surface area (Å²) < 4.78 is 10.9. The lowest BCUT2D eigenvalue weighted by molar-refractivity contribution is 0.371. The van der Waals surface area contributed by atoms with Crippen LogP contribution >= 0.6 is 7.60 Å². The Labute approximate surface area is 125 Å². The van der Waals surface area contributed by atoms with Gasteiger partial charge in [-0.3, -0.25) is 4.57 Å². The van der Waals surface area contributed by atoms with Gasteiger partial charge < -0.3 is 14.7 Å². The number of anilines is 2. The first-order chi connectivity index (χ1) is 10.1. The van der Waals surface area contributed by atoms with Crippen molar-refractivity contribution in [2.45, 2.75) is 12.8 Å². The summed E-state index contributed by atoms with van der Waals surface area (Å²) in [7, 11) is -3.89. The van der Waals surface area contributed by atoms with Gasteiger partial charge in [-0.05, 0) is 37.1 Å². The highest BCUT2D eigenvalue weighted by atomic mass is 31.2. The largest absolute Gasteiger partial charge is 0.341 e. The summed E-state index contributed by atoms with van der Waals surface area (Å²) in [5, 5.41) is 0. The standard InChI is InChI=1S/C16H20NO3P/c18-21(19,20)14-8-7-13-17(15-9-3-1-4-10-15)16-11-5-2-6-12-16/h1-6,9-12H,7-8,13-14H2,(H2,18,19,20). The summed E-state index contributed by atoms with van der Waals surface area (Å²) in [4.78, 5) is 20.0. The summed E-state index contributed by atoms with van der Waals surface area (Å²) in [5.41, 5.74) is 2.17. The van der Waals surface area contributed by atoms with Gasteiger partial charge >= 0.3 is 7.60 Å². The van der Waals surface area contributed by atoms with Gasteiger partial charge in [-0.25, -0.2) is 0 Å². The zero-order valence-corrected chi connectivity index (χ0v) is 12.7. The second-order valence-electron chi connectivity index (χ2n) is 4.92. The van der Waals surface area contributed by atoms with Gasteiger partial charge in [-0.15, -0.1) is 0 Å². The van der Waals surface area contributed by atoms with Gasteiger partial charge in [0.15, 0.2) is 0 Å². The van der Waals surface area contributed by atoms with Crippen molar-refractivity contribution >= 4 is 19.0 Å². The van der Waals surface area contributed by atoms with E-state index in [1.807, 2.05) is 60.7 Å². The predicted molar refractivity (Wildman–Crippen MR) is 86.0 cm³/mol. The highest BCUT2D eigenvalue weighted by molar-refractivity contribution is 7.51. The molecule has 0 aliphatic carbocycles. The second-order valence-corrected chi connectivity index (χ2v) is 6.69. The van der Waals surface area contributed by atoms with E-state index in [9.17, 15) is 4.57 Å². The molecule has 0 unspecified atom stereocenters. The van der Waals surface area contributed by atoms with Gasteiger partial charge in [0.2, 0.25) is 0 Å². The molecule has 0 atom stereocenters. The van der Waals surface area contributed by atoms with Crippen molar-refractivity contribution in [1.82, 2.24) is 0 Å². The molecule has 0 radical (unpaired) electrons. The summed E-state index contributed by atoms with van der Waals surface area (Å²) in [6, 6.07) is 20.0. The Morgan fingerprint density at radius 2 is 1.29 bits per heavy atom. The van der Waals surface area contributed by atoms with Crippen molar-refractivity contribution in [2.24, 2.45) is 0 Å². The van der Waals surface area contributed by atoms with Crippen LogP contribution in [0.3, 0.4) is 0 Å². The number of unbranched alkanes of at least 4 members (excludes halogenated alkanes) is 1. The molecule has 0 aliphatic heterocycles. The normalized spacial score (nSPS) is 11.3. The molecule has 0 fully saturated rings. The third-order valence-electron chi connectivity index (χ3n) is 3.22. The number of benzene rings is 2. The zero-order chi connectivity index (χ0) is 15.1.